The highest BCUT2D eigenvalue weighted by Gasteiger charge is 2.19. The van der Waals surface area contributed by atoms with Crippen LogP contribution in [-0.2, 0) is 19.6 Å². The molecule has 0 unspecified atom stereocenters. The maximum absolute atomic E-state index is 12.8. The molecular formula is C21H32N4O5S. The van der Waals surface area contributed by atoms with E-state index in [1.165, 1.54) is 12.1 Å². The Balaban J connectivity index is 1.98. The molecule has 0 saturated carbocycles. The first-order valence-electron chi connectivity index (χ1n) is 10.4. The number of carbonyl (C=O) groups is 2. The number of nitrogens with one attached hydrogen (secondary N) is 2. The number of rotatable bonds is 6. The number of sulfonamides is 1. The molecule has 2 amide bonds. The molecule has 9 nitrogen and oxygen atoms in total. The van der Waals surface area contributed by atoms with E-state index in [9.17, 15) is 18.0 Å². The molecule has 1 saturated heterocycles. The molecule has 1 fully saturated rings. The van der Waals surface area contributed by atoms with Gasteiger partial charge in [0.25, 0.3) is 10.0 Å². The zero-order valence-corrected chi connectivity index (χ0v) is 19.4. The van der Waals surface area contributed by atoms with Gasteiger partial charge in [-0.3, -0.25) is 4.79 Å². The van der Waals surface area contributed by atoms with Crippen molar-refractivity contribution >= 4 is 33.5 Å². The summed E-state index contributed by atoms with van der Waals surface area (Å²) in [6.45, 7) is 6.12. The van der Waals surface area contributed by atoms with E-state index >= 15 is 0 Å². The summed E-state index contributed by atoms with van der Waals surface area (Å²) in [5.74, 6) is 0.195. The quantitative estimate of drug-likeness (QED) is 0.685. The van der Waals surface area contributed by atoms with Gasteiger partial charge in [0.05, 0.1) is 4.90 Å². The van der Waals surface area contributed by atoms with Crippen LogP contribution < -0.4 is 10.6 Å². The monoisotopic (exact) mass is 452 g/mol. The summed E-state index contributed by atoms with van der Waals surface area (Å²) >= 11 is 0. The molecule has 10 heteroatoms. The predicted molar refractivity (Wildman–Crippen MR) is 120 cm³/mol. The number of amides is 2. The number of benzene rings is 1. The number of carbonyl (C=O) groups excluding carboxylic acids is 2. The average Bonchev–Trinajstić information content (AvgIpc) is 2.84. The van der Waals surface area contributed by atoms with E-state index in [2.05, 4.69) is 15.0 Å². The zero-order valence-electron chi connectivity index (χ0n) is 18.6. The minimum atomic E-state index is -3.89. The normalized spacial score (nSPS) is 16.5. The smallest absolute Gasteiger partial charge is 0.407 e. The molecule has 0 spiro atoms. The molecular weight excluding hydrogens is 420 g/mol. The summed E-state index contributed by atoms with van der Waals surface area (Å²) in [5.41, 5.74) is -0.273. The van der Waals surface area contributed by atoms with Gasteiger partial charge in [0.2, 0.25) is 5.91 Å². The van der Waals surface area contributed by atoms with Crippen LogP contribution in [0.25, 0.3) is 0 Å². The second kappa shape index (κ2) is 10.6. The number of hydrogen-bond acceptors (Lipinski definition) is 5. The van der Waals surface area contributed by atoms with Gasteiger partial charge in [-0.05, 0) is 51.8 Å². The Morgan fingerprint density at radius 3 is 2.65 bits per heavy atom. The molecule has 0 bridgehead atoms. The molecule has 1 aromatic carbocycles. The van der Waals surface area contributed by atoms with Crippen LogP contribution in [0.5, 0.6) is 0 Å². The van der Waals surface area contributed by atoms with Crippen LogP contribution in [0.15, 0.2) is 33.6 Å². The predicted octanol–water partition coefficient (Wildman–Crippen LogP) is 3.13. The molecule has 1 aliphatic rings. The lowest BCUT2D eigenvalue weighted by Crippen LogP contribution is -2.34. The first-order valence-corrected chi connectivity index (χ1v) is 11.8. The van der Waals surface area contributed by atoms with Crippen LogP contribution in [0.2, 0.25) is 0 Å². The summed E-state index contributed by atoms with van der Waals surface area (Å²) in [6.07, 6.45) is 3.01. The van der Waals surface area contributed by atoms with E-state index in [-0.39, 0.29) is 23.8 Å². The van der Waals surface area contributed by atoms with Gasteiger partial charge in [-0.1, -0.05) is 12.5 Å². The number of likely N-dealkylation sites (tertiary alicyclic amines) is 1. The summed E-state index contributed by atoms with van der Waals surface area (Å²) in [6, 6.07) is 5.99. The van der Waals surface area contributed by atoms with Crippen LogP contribution in [0.4, 0.5) is 10.5 Å². The van der Waals surface area contributed by atoms with Crippen molar-refractivity contribution in [2.24, 2.45) is 4.40 Å². The van der Waals surface area contributed by atoms with E-state index in [1.54, 1.807) is 32.9 Å². The summed E-state index contributed by atoms with van der Waals surface area (Å²) < 4.78 is 34.7. The van der Waals surface area contributed by atoms with Crippen molar-refractivity contribution in [1.29, 1.82) is 0 Å². The lowest BCUT2D eigenvalue weighted by atomic mass is 10.2. The van der Waals surface area contributed by atoms with E-state index < -0.39 is 21.7 Å². The third-order valence-corrected chi connectivity index (χ3v) is 5.80. The van der Waals surface area contributed by atoms with Crippen molar-refractivity contribution in [3.8, 4) is 0 Å². The number of amidine groups is 1. The van der Waals surface area contributed by atoms with Crippen molar-refractivity contribution in [3.05, 3.63) is 24.3 Å². The Hall–Kier alpha value is -2.62. The van der Waals surface area contributed by atoms with E-state index in [1.807, 2.05) is 11.9 Å². The molecule has 0 aliphatic carbocycles. The van der Waals surface area contributed by atoms with Gasteiger partial charge in [-0.2, -0.15) is 8.42 Å². The number of nitrogens with zero attached hydrogens (tertiary/aromatic N) is 2. The Morgan fingerprint density at radius 2 is 1.94 bits per heavy atom. The van der Waals surface area contributed by atoms with Crippen molar-refractivity contribution in [1.82, 2.24) is 10.2 Å². The van der Waals surface area contributed by atoms with Crippen molar-refractivity contribution in [3.63, 3.8) is 0 Å². The Labute approximate surface area is 184 Å². The maximum Gasteiger partial charge on any atom is 0.407 e. The SMILES string of the molecule is CN1CCCCC/C1=N\S(=O)(=O)c1cccc(NC(=O)CCNC(=O)OC(C)(C)C)c1. The largest absolute Gasteiger partial charge is 0.444 e. The molecule has 1 heterocycles. The standard InChI is InChI=1S/C21H32N4O5S/c1-21(2,3)30-20(27)22-13-12-19(26)23-16-9-8-10-17(15-16)31(28,29)24-18-11-6-5-7-14-25(18)4/h8-10,15H,5-7,11-14H2,1-4H3,(H,22,27)(H,23,26)/b24-18+. The van der Waals surface area contributed by atoms with Crippen molar-refractivity contribution in [2.75, 3.05) is 25.5 Å². The highest BCUT2D eigenvalue weighted by molar-refractivity contribution is 7.90. The van der Waals surface area contributed by atoms with Crippen LogP contribution in [-0.4, -0.2) is 56.9 Å². The fourth-order valence-corrected chi connectivity index (χ4v) is 4.13. The van der Waals surface area contributed by atoms with Crippen LogP contribution in [0.1, 0.15) is 52.9 Å². The lowest BCUT2D eigenvalue weighted by Gasteiger charge is -2.19. The van der Waals surface area contributed by atoms with Crippen LogP contribution >= 0.6 is 0 Å². The number of ether oxygens (including phenoxy) is 1. The van der Waals surface area contributed by atoms with Gasteiger partial charge in [-0.15, -0.1) is 4.40 Å². The molecule has 1 aromatic rings. The second-order valence-electron chi connectivity index (χ2n) is 8.47. The van der Waals surface area contributed by atoms with Crippen LogP contribution in [0, 0.1) is 0 Å². The topological polar surface area (TPSA) is 117 Å². The number of anilines is 1. The lowest BCUT2D eigenvalue weighted by molar-refractivity contribution is -0.116. The Morgan fingerprint density at radius 1 is 1.19 bits per heavy atom. The third-order valence-electron chi connectivity index (χ3n) is 4.50. The molecule has 2 N–H and O–H groups in total. The second-order valence-corrected chi connectivity index (χ2v) is 10.1. The minimum absolute atomic E-state index is 0.0160. The summed E-state index contributed by atoms with van der Waals surface area (Å²) in [5, 5.41) is 5.15. The summed E-state index contributed by atoms with van der Waals surface area (Å²) in [7, 11) is -2.04. The van der Waals surface area contributed by atoms with Crippen molar-refractivity contribution < 1.29 is 22.7 Å². The average molecular weight is 453 g/mol. The maximum atomic E-state index is 12.8. The van der Waals surface area contributed by atoms with Gasteiger partial charge < -0.3 is 20.3 Å². The molecule has 31 heavy (non-hydrogen) atoms. The molecule has 0 atom stereocenters. The number of hydrogen-bond donors (Lipinski definition) is 2. The van der Waals surface area contributed by atoms with Gasteiger partial charge >= 0.3 is 6.09 Å². The van der Waals surface area contributed by atoms with E-state index in [4.69, 9.17) is 4.74 Å². The molecule has 0 radical (unpaired) electrons. The van der Waals surface area contributed by atoms with Gasteiger partial charge in [0.15, 0.2) is 0 Å². The Bertz CT molecular complexity index is 922. The third kappa shape index (κ3) is 8.56. The van der Waals surface area contributed by atoms with Gasteiger partial charge in [0, 0.05) is 38.7 Å². The minimum Gasteiger partial charge on any atom is -0.444 e. The molecule has 2 rings (SSSR count). The molecule has 172 valence electrons. The fraction of sp³-hybridized carbons (Fsp3) is 0.571. The highest BCUT2D eigenvalue weighted by Crippen LogP contribution is 2.20. The fourth-order valence-electron chi connectivity index (χ4n) is 2.99. The first-order chi connectivity index (χ1) is 14.5. The molecule has 1 aliphatic heterocycles. The first kappa shape index (κ1) is 24.6. The molecule has 0 aromatic heterocycles. The highest BCUT2D eigenvalue weighted by atomic mass is 32.2. The van der Waals surface area contributed by atoms with Gasteiger partial charge in [-0.25, -0.2) is 4.79 Å². The van der Waals surface area contributed by atoms with Crippen LogP contribution in [0.3, 0.4) is 0 Å². The summed E-state index contributed by atoms with van der Waals surface area (Å²) in [4.78, 5) is 25.7. The van der Waals surface area contributed by atoms with E-state index in [0.29, 0.717) is 17.9 Å². The Kier molecular flexibility index (Phi) is 8.43. The van der Waals surface area contributed by atoms with Crippen molar-refractivity contribution in [2.45, 2.75) is 63.4 Å². The van der Waals surface area contributed by atoms with E-state index in [0.717, 1.165) is 25.8 Å². The zero-order chi connectivity index (χ0) is 23.1. The van der Waals surface area contributed by atoms with Gasteiger partial charge in [0.1, 0.15) is 11.4 Å². The number of alkyl carbamates (subject to hydrolysis) is 1.